The zero-order chi connectivity index (χ0) is 14.0. The molecule has 1 aromatic rings. The average Bonchev–Trinajstić information content (AvgIpc) is 2.65. The predicted molar refractivity (Wildman–Crippen MR) is 78.5 cm³/mol. The SMILES string of the molecule is CCO/C=C1/SC(=S)N(c2ccc(C)c(F)c2)C1=O. The molecule has 2 rings (SSSR count). The van der Waals surface area contributed by atoms with Crippen molar-refractivity contribution in [2.45, 2.75) is 13.8 Å². The Morgan fingerprint density at radius 1 is 1.53 bits per heavy atom. The Balaban J connectivity index is 2.32. The normalized spacial score (nSPS) is 17.4. The second kappa shape index (κ2) is 5.71. The molecule has 0 aromatic heterocycles. The molecule has 1 aromatic carbocycles. The highest BCUT2D eigenvalue weighted by Crippen LogP contribution is 2.35. The van der Waals surface area contributed by atoms with Gasteiger partial charge in [0, 0.05) is 0 Å². The van der Waals surface area contributed by atoms with E-state index in [0.29, 0.717) is 27.1 Å². The van der Waals surface area contributed by atoms with Gasteiger partial charge in [-0.15, -0.1) is 0 Å². The highest BCUT2D eigenvalue weighted by atomic mass is 32.2. The van der Waals surface area contributed by atoms with Crippen molar-refractivity contribution in [3.8, 4) is 0 Å². The molecule has 0 bridgehead atoms. The zero-order valence-corrected chi connectivity index (χ0v) is 12.1. The largest absolute Gasteiger partial charge is 0.500 e. The standard InChI is InChI=1S/C13H12FNO2S2/c1-3-17-7-11-12(16)15(13(18)19-11)9-5-4-8(2)10(14)6-9/h4-7H,3H2,1-2H3/b11-7+. The molecule has 0 unspecified atom stereocenters. The quantitative estimate of drug-likeness (QED) is 0.486. The molecule has 0 aliphatic carbocycles. The van der Waals surface area contributed by atoms with E-state index >= 15 is 0 Å². The van der Waals surface area contributed by atoms with Crippen molar-refractivity contribution < 1.29 is 13.9 Å². The number of halogens is 1. The Bertz CT molecular complexity index is 572. The number of amides is 1. The molecule has 0 radical (unpaired) electrons. The number of benzene rings is 1. The van der Waals surface area contributed by atoms with Crippen LogP contribution in [0.25, 0.3) is 0 Å². The molecular formula is C13H12FNO2S2. The number of aryl methyl sites for hydroxylation is 1. The van der Waals surface area contributed by atoms with Crippen molar-refractivity contribution >= 4 is 39.9 Å². The summed E-state index contributed by atoms with van der Waals surface area (Å²) in [6.07, 6.45) is 1.39. The van der Waals surface area contributed by atoms with E-state index in [9.17, 15) is 9.18 Å². The minimum atomic E-state index is -0.361. The molecule has 6 heteroatoms. The molecule has 1 fully saturated rings. The number of anilines is 1. The van der Waals surface area contributed by atoms with E-state index in [1.54, 1.807) is 19.1 Å². The van der Waals surface area contributed by atoms with Crippen molar-refractivity contribution in [2.75, 3.05) is 11.5 Å². The lowest BCUT2D eigenvalue weighted by Gasteiger charge is -2.14. The van der Waals surface area contributed by atoms with E-state index in [0.717, 1.165) is 11.8 Å². The van der Waals surface area contributed by atoms with Crippen LogP contribution in [0.4, 0.5) is 10.1 Å². The van der Waals surface area contributed by atoms with Crippen LogP contribution in [0, 0.1) is 12.7 Å². The summed E-state index contributed by atoms with van der Waals surface area (Å²) in [5, 5.41) is 0. The van der Waals surface area contributed by atoms with Crippen molar-refractivity contribution in [3.05, 3.63) is 40.7 Å². The van der Waals surface area contributed by atoms with Crippen molar-refractivity contribution in [2.24, 2.45) is 0 Å². The van der Waals surface area contributed by atoms with Crippen LogP contribution >= 0.6 is 24.0 Å². The fourth-order valence-electron chi connectivity index (χ4n) is 1.55. The van der Waals surface area contributed by atoms with Crippen LogP contribution in [-0.2, 0) is 9.53 Å². The molecule has 100 valence electrons. The molecule has 1 amide bonds. The topological polar surface area (TPSA) is 29.5 Å². The van der Waals surface area contributed by atoms with Crippen LogP contribution in [-0.4, -0.2) is 16.8 Å². The van der Waals surface area contributed by atoms with Gasteiger partial charge in [-0.2, -0.15) is 0 Å². The van der Waals surface area contributed by atoms with Gasteiger partial charge in [0.25, 0.3) is 5.91 Å². The number of thiocarbonyl (C=S) groups is 1. The van der Waals surface area contributed by atoms with E-state index < -0.39 is 0 Å². The molecule has 1 aliphatic rings. The maximum atomic E-state index is 13.6. The highest BCUT2D eigenvalue weighted by molar-refractivity contribution is 8.27. The third kappa shape index (κ3) is 2.79. The minimum absolute atomic E-state index is 0.285. The van der Waals surface area contributed by atoms with Crippen LogP contribution in [0.15, 0.2) is 29.4 Å². The van der Waals surface area contributed by atoms with Gasteiger partial charge in [-0.1, -0.05) is 30.0 Å². The molecule has 19 heavy (non-hydrogen) atoms. The molecule has 3 nitrogen and oxygen atoms in total. The number of nitrogens with zero attached hydrogens (tertiary/aromatic N) is 1. The van der Waals surface area contributed by atoms with E-state index in [4.69, 9.17) is 17.0 Å². The third-order valence-corrected chi connectivity index (χ3v) is 3.84. The summed E-state index contributed by atoms with van der Waals surface area (Å²) < 4.78 is 19.0. The molecule has 0 saturated carbocycles. The first-order chi connectivity index (χ1) is 9.04. The number of ether oxygens (including phenoxy) is 1. The van der Waals surface area contributed by atoms with Gasteiger partial charge in [-0.3, -0.25) is 9.69 Å². The van der Waals surface area contributed by atoms with Crippen LogP contribution in [0.3, 0.4) is 0 Å². The lowest BCUT2D eigenvalue weighted by molar-refractivity contribution is -0.113. The van der Waals surface area contributed by atoms with Gasteiger partial charge in [0.1, 0.15) is 17.0 Å². The Morgan fingerprint density at radius 3 is 2.89 bits per heavy atom. The van der Waals surface area contributed by atoms with E-state index in [2.05, 4.69) is 0 Å². The van der Waals surface area contributed by atoms with E-state index in [1.807, 2.05) is 6.92 Å². The molecule has 1 saturated heterocycles. The second-order valence-electron chi connectivity index (χ2n) is 3.88. The molecule has 0 N–H and O–H groups in total. The first-order valence-corrected chi connectivity index (χ1v) is 6.91. The van der Waals surface area contributed by atoms with Crippen molar-refractivity contribution in [1.82, 2.24) is 0 Å². The zero-order valence-electron chi connectivity index (χ0n) is 10.5. The first-order valence-electron chi connectivity index (χ1n) is 5.68. The molecular weight excluding hydrogens is 285 g/mol. The van der Waals surface area contributed by atoms with Gasteiger partial charge >= 0.3 is 0 Å². The number of thioether (sulfide) groups is 1. The van der Waals surface area contributed by atoms with Gasteiger partial charge in [0.2, 0.25) is 0 Å². The Labute approximate surface area is 120 Å². The van der Waals surface area contributed by atoms with E-state index in [-0.39, 0.29) is 11.7 Å². The van der Waals surface area contributed by atoms with Crippen LogP contribution in [0.2, 0.25) is 0 Å². The van der Waals surface area contributed by atoms with Crippen LogP contribution in [0.5, 0.6) is 0 Å². The number of hydrogen-bond donors (Lipinski definition) is 0. The van der Waals surface area contributed by atoms with E-state index in [1.165, 1.54) is 17.2 Å². The summed E-state index contributed by atoms with van der Waals surface area (Å²) in [5.74, 6) is -0.646. The smallest absolute Gasteiger partial charge is 0.273 e. The molecule has 1 aliphatic heterocycles. The average molecular weight is 297 g/mol. The summed E-state index contributed by atoms with van der Waals surface area (Å²) in [6, 6.07) is 4.60. The van der Waals surface area contributed by atoms with Gasteiger partial charge in [0.15, 0.2) is 4.32 Å². The lowest BCUT2D eigenvalue weighted by Crippen LogP contribution is -2.27. The summed E-state index contributed by atoms with van der Waals surface area (Å²) in [5.41, 5.74) is 0.963. The summed E-state index contributed by atoms with van der Waals surface area (Å²) in [4.78, 5) is 13.9. The maximum Gasteiger partial charge on any atom is 0.273 e. The van der Waals surface area contributed by atoms with Crippen LogP contribution in [0.1, 0.15) is 12.5 Å². The molecule has 0 atom stereocenters. The second-order valence-corrected chi connectivity index (χ2v) is 5.56. The summed E-state index contributed by atoms with van der Waals surface area (Å²) in [6.45, 7) is 3.97. The number of carbonyl (C=O) groups is 1. The summed E-state index contributed by atoms with van der Waals surface area (Å²) >= 11 is 6.30. The van der Waals surface area contributed by atoms with Gasteiger partial charge in [-0.05, 0) is 31.5 Å². The fraction of sp³-hybridized carbons (Fsp3) is 0.231. The lowest BCUT2D eigenvalue weighted by atomic mass is 10.2. The van der Waals surface area contributed by atoms with Gasteiger partial charge in [-0.25, -0.2) is 4.39 Å². The van der Waals surface area contributed by atoms with Gasteiger partial charge < -0.3 is 4.74 Å². The summed E-state index contributed by atoms with van der Waals surface area (Å²) in [7, 11) is 0. The number of carbonyl (C=O) groups excluding carboxylic acids is 1. The molecule has 1 heterocycles. The van der Waals surface area contributed by atoms with Gasteiger partial charge in [0.05, 0.1) is 12.3 Å². The molecule has 0 spiro atoms. The Hall–Kier alpha value is -1.40. The minimum Gasteiger partial charge on any atom is -0.500 e. The predicted octanol–water partition coefficient (Wildman–Crippen LogP) is 3.38. The van der Waals surface area contributed by atoms with Crippen LogP contribution < -0.4 is 4.90 Å². The first kappa shape index (κ1) is 14.0. The third-order valence-electron chi connectivity index (χ3n) is 2.56. The number of rotatable bonds is 3. The maximum absolute atomic E-state index is 13.6. The monoisotopic (exact) mass is 297 g/mol. The van der Waals surface area contributed by atoms with Crippen molar-refractivity contribution in [1.29, 1.82) is 0 Å². The number of hydrogen-bond acceptors (Lipinski definition) is 4. The fourth-order valence-corrected chi connectivity index (χ4v) is 2.77. The Morgan fingerprint density at radius 2 is 2.26 bits per heavy atom. The van der Waals surface area contributed by atoms with Crippen molar-refractivity contribution in [3.63, 3.8) is 0 Å². The Kier molecular flexibility index (Phi) is 4.21. The highest BCUT2D eigenvalue weighted by Gasteiger charge is 2.34.